The van der Waals surface area contributed by atoms with Crippen LogP contribution in [-0.4, -0.2) is 22.1 Å². The van der Waals surface area contributed by atoms with E-state index < -0.39 is 12.1 Å². The van der Waals surface area contributed by atoms with Crippen molar-refractivity contribution in [3.05, 3.63) is 64.8 Å². The highest BCUT2D eigenvalue weighted by Crippen LogP contribution is 2.31. The first-order valence-corrected chi connectivity index (χ1v) is 9.32. The van der Waals surface area contributed by atoms with Crippen molar-refractivity contribution in [1.82, 2.24) is 9.97 Å². The predicted octanol–water partition coefficient (Wildman–Crippen LogP) is 4.87. The van der Waals surface area contributed by atoms with Crippen LogP contribution in [0, 0.1) is 36.5 Å². The molecule has 2 aromatic carbocycles. The molecule has 0 saturated carbocycles. The number of aryl methyl sites for hydroxylation is 2. The zero-order valence-corrected chi connectivity index (χ0v) is 17.3. The molecule has 0 radical (unpaired) electrons. The van der Waals surface area contributed by atoms with E-state index in [0.29, 0.717) is 33.7 Å². The van der Waals surface area contributed by atoms with Crippen molar-refractivity contribution in [2.75, 3.05) is 10.6 Å². The van der Waals surface area contributed by atoms with Crippen LogP contribution in [-0.2, 0) is 4.79 Å². The number of halogens is 3. The molecule has 11 heteroatoms. The number of hydrogen-bond acceptors (Lipinski definition) is 7. The molecular formula is C22H15F3N6O2. The molecule has 0 bridgehead atoms. The Kier molecular flexibility index (Phi) is 6.45. The van der Waals surface area contributed by atoms with Crippen LogP contribution in [0.25, 0.3) is 0 Å². The minimum absolute atomic E-state index is 0.161. The fraction of sp³-hybridized carbons (Fsp3) is 0.136. The third-order valence-electron chi connectivity index (χ3n) is 4.33. The van der Waals surface area contributed by atoms with Gasteiger partial charge >= 0.3 is 18.1 Å². The van der Waals surface area contributed by atoms with E-state index in [2.05, 4.69) is 15.3 Å². The van der Waals surface area contributed by atoms with E-state index >= 15 is 0 Å². The van der Waals surface area contributed by atoms with Crippen LogP contribution < -0.4 is 15.4 Å². The van der Waals surface area contributed by atoms with Gasteiger partial charge in [-0.15, -0.1) is 0 Å². The Labute approximate surface area is 186 Å². The van der Waals surface area contributed by atoms with Crippen molar-refractivity contribution in [3.63, 3.8) is 0 Å². The van der Waals surface area contributed by atoms with Crippen molar-refractivity contribution in [2.24, 2.45) is 0 Å². The van der Waals surface area contributed by atoms with Crippen LogP contribution in [0.1, 0.15) is 22.3 Å². The number of aromatic nitrogens is 2. The zero-order chi connectivity index (χ0) is 24.2. The molecule has 0 fully saturated rings. The minimum Gasteiger partial charge on any atom is -0.424 e. The van der Waals surface area contributed by atoms with Crippen molar-refractivity contribution in [3.8, 4) is 23.9 Å². The van der Waals surface area contributed by atoms with E-state index in [1.54, 1.807) is 31.3 Å². The molecule has 1 aromatic heterocycles. The van der Waals surface area contributed by atoms with Gasteiger partial charge in [0.2, 0.25) is 0 Å². The lowest BCUT2D eigenvalue weighted by atomic mass is 10.1. The molecule has 0 atom stereocenters. The fourth-order valence-electron chi connectivity index (χ4n) is 2.83. The highest BCUT2D eigenvalue weighted by atomic mass is 19.4. The van der Waals surface area contributed by atoms with Crippen LogP contribution in [0.5, 0.6) is 11.8 Å². The van der Waals surface area contributed by atoms with E-state index in [1.807, 2.05) is 12.1 Å². The molecule has 3 aromatic rings. The van der Waals surface area contributed by atoms with E-state index in [4.69, 9.17) is 15.3 Å². The number of nitrogens with one attached hydrogen (secondary N) is 2. The molecular weight excluding hydrogens is 437 g/mol. The summed E-state index contributed by atoms with van der Waals surface area (Å²) >= 11 is 0. The van der Waals surface area contributed by atoms with Gasteiger partial charge in [0.15, 0.2) is 5.82 Å². The summed E-state index contributed by atoms with van der Waals surface area (Å²) < 4.78 is 44.0. The average Bonchev–Trinajstić information content (AvgIpc) is 2.77. The second kappa shape index (κ2) is 9.24. The molecule has 1 heterocycles. The van der Waals surface area contributed by atoms with E-state index in [1.165, 1.54) is 24.3 Å². The lowest BCUT2D eigenvalue weighted by molar-refractivity contribution is -0.167. The highest BCUT2D eigenvalue weighted by molar-refractivity contribution is 5.97. The number of hydrogen-bond donors (Lipinski definition) is 2. The number of alkyl halides is 3. The summed E-state index contributed by atoms with van der Waals surface area (Å²) in [6.07, 6.45) is -4.14. The Bertz CT molecular complexity index is 1270. The first-order valence-electron chi connectivity index (χ1n) is 9.32. The molecule has 2 N–H and O–H groups in total. The molecule has 3 rings (SSSR count). The number of rotatable bonds is 5. The van der Waals surface area contributed by atoms with Crippen molar-refractivity contribution in [2.45, 2.75) is 20.0 Å². The summed E-state index contributed by atoms with van der Waals surface area (Å²) in [6, 6.07) is 13.0. The summed E-state index contributed by atoms with van der Waals surface area (Å²) in [5, 5.41) is 22.5. The quantitative estimate of drug-likeness (QED) is 0.566. The molecule has 166 valence electrons. The number of ether oxygens (including phenoxy) is 1. The molecule has 8 nitrogen and oxygen atoms in total. The Balaban J connectivity index is 1.98. The van der Waals surface area contributed by atoms with Crippen LogP contribution in [0.4, 0.5) is 30.4 Å². The highest BCUT2D eigenvalue weighted by Gasteiger charge is 2.39. The number of carbonyl (C=O) groups excluding carboxylic acids is 1. The first-order chi connectivity index (χ1) is 15.6. The normalized spacial score (nSPS) is 10.6. The Morgan fingerprint density at radius 3 is 2.18 bits per heavy atom. The number of carbonyl (C=O) groups is 1. The molecule has 0 saturated heterocycles. The Morgan fingerprint density at radius 2 is 1.64 bits per heavy atom. The van der Waals surface area contributed by atoms with Crippen LogP contribution in [0.3, 0.4) is 0 Å². The predicted molar refractivity (Wildman–Crippen MR) is 112 cm³/mol. The summed E-state index contributed by atoms with van der Waals surface area (Å²) in [5.41, 5.74) is 2.14. The minimum atomic E-state index is -5.11. The summed E-state index contributed by atoms with van der Waals surface area (Å²) in [7, 11) is 0. The lowest BCUT2D eigenvalue weighted by Gasteiger charge is -2.15. The maximum atomic E-state index is 12.7. The van der Waals surface area contributed by atoms with Gasteiger partial charge in [0.05, 0.1) is 29.5 Å². The van der Waals surface area contributed by atoms with Gasteiger partial charge in [-0.1, -0.05) is 0 Å². The second-order valence-corrected chi connectivity index (χ2v) is 6.83. The number of amides is 1. The first kappa shape index (κ1) is 23.0. The second-order valence-electron chi connectivity index (χ2n) is 6.83. The van der Waals surface area contributed by atoms with Crippen molar-refractivity contribution >= 4 is 23.1 Å². The molecule has 0 aliphatic rings. The summed E-state index contributed by atoms with van der Waals surface area (Å²) in [6.45, 7) is 3.44. The fourth-order valence-corrected chi connectivity index (χ4v) is 2.83. The topological polar surface area (TPSA) is 124 Å². The van der Waals surface area contributed by atoms with Crippen molar-refractivity contribution < 1.29 is 22.7 Å². The Hall–Kier alpha value is -4.64. The van der Waals surface area contributed by atoms with E-state index in [0.717, 1.165) is 6.20 Å². The smallest absolute Gasteiger partial charge is 0.424 e. The molecule has 1 amide bonds. The molecule has 33 heavy (non-hydrogen) atoms. The lowest BCUT2D eigenvalue weighted by Crippen LogP contribution is -2.30. The summed E-state index contributed by atoms with van der Waals surface area (Å²) in [5.74, 6) is -1.97. The molecule has 0 unspecified atom stereocenters. The number of nitriles is 2. The van der Waals surface area contributed by atoms with Gasteiger partial charge in [0, 0.05) is 5.69 Å². The van der Waals surface area contributed by atoms with Gasteiger partial charge in [-0.2, -0.15) is 28.7 Å². The summed E-state index contributed by atoms with van der Waals surface area (Å²) in [4.78, 5) is 19.4. The standard InChI is InChI=1S/C22H15F3N6O2/c1-12-7-15(10-27)8-13(2)18(12)33-21-28-11-17(30-20(32)22(23,24)25)19(31-21)29-16-5-3-14(9-26)4-6-16/h3-8,11H,1-2H3,(H,30,32)(H,28,29,31). The van der Waals surface area contributed by atoms with E-state index in [-0.39, 0.29) is 17.5 Å². The molecule has 0 aliphatic carbocycles. The number of benzene rings is 2. The van der Waals surface area contributed by atoms with Gasteiger partial charge in [-0.3, -0.25) is 4.79 Å². The van der Waals surface area contributed by atoms with Crippen molar-refractivity contribution in [1.29, 1.82) is 10.5 Å². The number of anilines is 3. The zero-order valence-electron chi connectivity index (χ0n) is 17.3. The molecule has 0 aliphatic heterocycles. The average molecular weight is 452 g/mol. The SMILES string of the molecule is Cc1cc(C#N)cc(C)c1Oc1ncc(NC(=O)C(F)(F)F)c(Nc2ccc(C#N)cc2)n1. The monoisotopic (exact) mass is 452 g/mol. The van der Waals surface area contributed by atoms with Gasteiger partial charge < -0.3 is 15.4 Å². The van der Waals surface area contributed by atoms with Gasteiger partial charge in [0.1, 0.15) is 11.4 Å². The largest absolute Gasteiger partial charge is 0.471 e. The third kappa shape index (κ3) is 5.54. The maximum Gasteiger partial charge on any atom is 0.471 e. The van der Waals surface area contributed by atoms with Crippen LogP contribution in [0.15, 0.2) is 42.6 Å². The maximum absolute atomic E-state index is 12.7. The van der Waals surface area contributed by atoms with E-state index in [9.17, 15) is 18.0 Å². The van der Waals surface area contributed by atoms with Crippen LogP contribution >= 0.6 is 0 Å². The number of nitrogens with zero attached hydrogens (tertiary/aromatic N) is 4. The van der Waals surface area contributed by atoms with Gasteiger partial charge in [-0.05, 0) is 61.4 Å². The third-order valence-corrected chi connectivity index (χ3v) is 4.33. The van der Waals surface area contributed by atoms with Crippen LogP contribution in [0.2, 0.25) is 0 Å². The van der Waals surface area contributed by atoms with Gasteiger partial charge in [-0.25, -0.2) is 4.98 Å². The Morgan fingerprint density at radius 1 is 1.03 bits per heavy atom. The molecule has 0 spiro atoms. The van der Waals surface area contributed by atoms with Gasteiger partial charge in [0.25, 0.3) is 0 Å².